The molecule has 0 fully saturated rings. The second-order valence-corrected chi connectivity index (χ2v) is 17.9. The van der Waals surface area contributed by atoms with E-state index < -0.39 is 0 Å². The SMILES string of the molecule is CCCCc1ccc2c3cc(C)c(-c4cc(C)c5ccccc5[n+]4CCCC4(CC)[n+]5ccccc5-c5cc(C(C)(C)C)nn5C4(C)CC)cc3n(CC)c2c1. The summed E-state index contributed by atoms with van der Waals surface area (Å²) < 4.78 is 10.2. The van der Waals surface area contributed by atoms with Gasteiger partial charge in [-0.3, -0.25) is 0 Å². The van der Waals surface area contributed by atoms with Gasteiger partial charge in [0.2, 0.25) is 16.9 Å². The topological polar surface area (TPSA) is 30.5 Å². The summed E-state index contributed by atoms with van der Waals surface area (Å²) in [5.74, 6) is 0. The van der Waals surface area contributed by atoms with Crippen molar-refractivity contribution in [2.24, 2.45) is 0 Å². The van der Waals surface area contributed by atoms with Crippen molar-refractivity contribution < 1.29 is 9.13 Å². The Hall–Kier alpha value is -4.77. The number of hydrogen-bond acceptors (Lipinski definition) is 1. The van der Waals surface area contributed by atoms with Crippen LogP contribution in [0.4, 0.5) is 0 Å². The van der Waals surface area contributed by atoms with Crippen LogP contribution in [0.1, 0.15) is 116 Å². The fraction of sp³-hybridized carbons (Fsp3) is 0.431. The number of fused-ring (bicyclic) bond motifs is 7. The van der Waals surface area contributed by atoms with Gasteiger partial charge >= 0.3 is 0 Å². The first-order valence-corrected chi connectivity index (χ1v) is 21.5. The van der Waals surface area contributed by atoms with Gasteiger partial charge in [-0.2, -0.15) is 14.2 Å². The Kier molecular flexibility index (Phi) is 9.74. The standard InChI is InChI=1S/C51H63N5/c1-11-15-21-37-25-26-39-41-30-35(5)40(33-46(41)53(14-4)45(39)32-37)44-31-36(6)38-22-16-17-23-42(38)54(44)28-20-27-51(13-3)50(10,12-2)56-47(34-48(52-56)49(7,8)9)43-24-18-19-29-55(43)51/h16-19,22-26,29-34H,11-15,20-21,27-28H2,1-10H3/q+2. The summed E-state index contributed by atoms with van der Waals surface area (Å²) >= 11 is 0. The third-order valence-electron chi connectivity index (χ3n) is 13.7. The Labute approximate surface area is 335 Å². The van der Waals surface area contributed by atoms with E-state index in [1.807, 2.05) is 0 Å². The Morgan fingerprint density at radius 1 is 0.732 bits per heavy atom. The number of aryl methyl sites for hydroxylation is 5. The molecule has 2 atom stereocenters. The monoisotopic (exact) mass is 746 g/mol. The molecule has 0 saturated heterocycles. The lowest BCUT2D eigenvalue weighted by molar-refractivity contribution is -0.776. The lowest BCUT2D eigenvalue weighted by Gasteiger charge is -2.47. The molecule has 1 aliphatic heterocycles. The van der Waals surface area contributed by atoms with Crippen molar-refractivity contribution >= 4 is 32.7 Å². The van der Waals surface area contributed by atoms with Crippen LogP contribution in [0.15, 0.2) is 91.1 Å². The molecule has 1 aliphatic rings. The van der Waals surface area contributed by atoms with Crippen LogP contribution < -0.4 is 9.13 Å². The molecule has 5 nitrogen and oxygen atoms in total. The first-order valence-electron chi connectivity index (χ1n) is 21.5. The maximum absolute atomic E-state index is 5.44. The predicted octanol–water partition coefficient (Wildman–Crippen LogP) is 12.1. The molecule has 4 aromatic heterocycles. The third kappa shape index (κ3) is 5.82. The van der Waals surface area contributed by atoms with Gasteiger partial charge in [0.1, 0.15) is 17.8 Å². The van der Waals surface area contributed by atoms with Crippen LogP contribution in [0, 0.1) is 13.8 Å². The average Bonchev–Trinajstić information content (AvgIpc) is 3.79. The molecule has 7 aromatic rings. The molecule has 5 heteroatoms. The molecule has 0 radical (unpaired) electrons. The normalized spacial score (nSPS) is 18.2. The van der Waals surface area contributed by atoms with Crippen molar-refractivity contribution in [3.05, 3.63) is 114 Å². The van der Waals surface area contributed by atoms with Gasteiger partial charge in [0.25, 0.3) is 0 Å². The number of aromatic nitrogens is 5. The van der Waals surface area contributed by atoms with Crippen molar-refractivity contribution in [3.63, 3.8) is 0 Å². The zero-order valence-corrected chi connectivity index (χ0v) is 35.8. The van der Waals surface area contributed by atoms with E-state index in [-0.39, 0.29) is 16.5 Å². The predicted molar refractivity (Wildman–Crippen MR) is 234 cm³/mol. The molecule has 3 aromatic carbocycles. The summed E-state index contributed by atoms with van der Waals surface area (Å²) in [5, 5.41) is 9.49. The second-order valence-electron chi connectivity index (χ2n) is 17.9. The summed E-state index contributed by atoms with van der Waals surface area (Å²) in [7, 11) is 0. The highest BCUT2D eigenvalue weighted by Gasteiger charge is 2.60. The number of unbranched alkanes of at least 4 members (excludes halogenated alkanes) is 1. The number of para-hydroxylation sites is 1. The largest absolute Gasteiger partial charge is 0.341 e. The Bertz CT molecular complexity index is 2600. The van der Waals surface area contributed by atoms with E-state index in [9.17, 15) is 0 Å². The molecule has 0 saturated carbocycles. The molecule has 5 heterocycles. The number of rotatable bonds is 11. The van der Waals surface area contributed by atoms with Gasteiger partial charge in [-0.1, -0.05) is 72.2 Å². The van der Waals surface area contributed by atoms with Crippen LogP contribution in [0.2, 0.25) is 0 Å². The van der Waals surface area contributed by atoms with E-state index in [0.717, 1.165) is 50.9 Å². The van der Waals surface area contributed by atoms with Crippen LogP contribution in [0.5, 0.6) is 0 Å². The molecule has 8 rings (SSSR count). The first kappa shape index (κ1) is 38.1. The summed E-state index contributed by atoms with van der Waals surface area (Å²) in [4.78, 5) is 0. The van der Waals surface area contributed by atoms with E-state index >= 15 is 0 Å². The molecule has 0 aliphatic carbocycles. The van der Waals surface area contributed by atoms with Gasteiger partial charge in [-0.05, 0) is 100 Å². The zero-order chi connectivity index (χ0) is 39.6. The highest BCUT2D eigenvalue weighted by Crippen LogP contribution is 2.48. The lowest BCUT2D eigenvalue weighted by atomic mass is 9.69. The Morgan fingerprint density at radius 2 is 1.50 bits per heavy atom. The summed E-state index contributed by atoms with van der Waals surface area (Å²) in [6, 6.07) is 32.7. The fourth-order valence-corrected chi connectivity index (χ4v) is 10.4. The summed E-state index contributed by atoms with van der Waals surface area (Å²) in [6.45, 7) is 25.1. The molecule has 56 heavy (non-hydrogen) atoms. The maximum Gasteiger partial charge on any atom is 0.231 e. The van der Waals surface area contributed by atoms with Gasteiger partial charge in [-0.25, -0.2) is 4.68 Å². The smallest absolute Gasteiger partial charge is 0.231 e. The van der Waals surface area contributed by atoms with E-state index in [1.54, 1.807) is 0 Å². The molecule has 2 unspecified atom stereocenters. The van der Waals surface area contributed by atoms with Crippen molar-refractivity contribution in [1.29, 1.82) is 0 Å². The van der Waals surface area contributed by atoms with Gasteiger partial charge in [0.15, 0.2) is 11.7 Å². The van der Waals surface area contributed by atoms with Crippen LogP contribution in [0.3, 0.4) is 0 Å². The van der Waals surface area contributed by atoms with E-state index in [2.05, 4.69) is 179 Å². The highest BCUT2D eigenvalue weighted by molar-refractivity contribution is 6.09. The first-order chi connectivity index (χ1) is 26.9. The van der Waals surface area contributed by atoms with Crippen LogP contribution >= 0.6 is 0 Å². The van der Waals surface area contributed by atoms with Crippen LogP contribution in [0.25, 0.3) is 55.4 Å². The fourth-order valence-electron chi connectivity index (χ4n) is 10.4. The quantitative estimate of drug-likeness (QED) is 0.121. The maximum atomic E-state index is 5.44. The van der Waals surface area contributed by atoms with E-state index in [0.29, 0.717) is 0 Å². The summed E-state index contributed by atoms with van der Waals surface area (Å²) in [6.07, 6.45) is 10.0. The van der Waals surface area contributed by atoms with E-state index in [4.69, 9.17) is 5.10 Å². The number of benzene rings is 3. The minimum atomic E-state index is -0.200. The number of pyridine rings is 2. The van der Waals surface area contributed by atoms with Gasteiger partial charge < -0.3 is 4.57 Å². The van der Waals surface area contributed by atoms with Crippen LogP contribution in [-0.4, -0.2) is 14.3 Å². The van der Waals surface area contributed by atoms with E-state index in [1.165, 1.54) is 84.9 Å². The molecule has 0 bridgehead atoms. The molecule has 0 N–H and O–H groups in total. The molecule has 0 amide bonds. The molecular formula is C51H63N5+2. The molecular weight excluding hydrogens is 683 g/mol. The zero-order valence-electron chi connectivity index (χ0n) is 35.8. The highest BCUT2D eigenvalue weighted by atomic mass is 15.4. The number of hydrogen-bond donors (Lipinski definition) is 0. The van der Waals surface area contributed by atoms with Crippen molar-refractivity contribution in [3.8, 4) is 22.6 Å². The Balaban J connectivity index is 1.25. The second kappa shape index (κ2) is 14.3. The minimum Gasteiger partial charge on any atom is -0.341 e. The number of nitrogens with zero attached hydrogens (tertiary/aromatic N) is 5. The van der Waals surface area contributed by atoms with Gasteiger partial charge in [0, 0.05) is 82.7 Å². The summed E-state index contributed by atoms with van der Waals surface area (Å²) in [5.41, 5.74) is 14.0. The molecule has 0 spiro atoms. The van der Waals surface area contributed by atoms with Crippen molar-refractivity contribution in [2.75, 3.05) is 0 Å². The molecule has 290 valence electrons. The van der Waals surface area contributed by atoms with Crippen molar-refractivity contribution in [1.82, 2.24) is 14.3 Å². The van der Waals surface area contributed by atoms with Gasteiger partial charge in [-0.15, -0.1) is 0 Å². The lowest BCUT2D eigenvalue weighted by Crippen LogP contribution is -2.71. The van der Waals surface area contributed by atoms with Crippen LogP contribution in [-0.2, 0) is 36.0 Å². The van der Waals surface area contributed by atoms with Gasteiger partial charge in [0.05, 0.1) is 11.3 Å². The third-order valence-corrected chi connectivity index (χ3v) is 13.7. The minimum absolute atomic E-state index is 0.0305. The Morgan fingerprint density at radius 3 is 2.23 bits per heavy atom. The van der Waals surface area contributed by atoms with Crippen molar-refractivity contribution in [2.45, 2.75) is 144 Å². The average molecular weight is 746 g/mol.